The Morgan fingerprint density at radius 3 is 2.67 bits per heavy atom. The molecule has 1 aromatic carbocycles. The Hall–Kier alpha value is -1.06. The van der Waals surface area contributed by atoms with E-state index in [1.807, 2.05) is 0 Å². The zero-order valence-electron chi connectivity index (χ0n) is 7.84. The van der Waals surface area contributed by atoms with Crippen molar-refractivity contribution in [2.75, 3.05) is 0 Å². The lowest BCUT2D eigenvalue weighted by Crippen LogP contribution is -2.00. The number of hydrogen-bond donors (Lipinski definition) is 0. The van der Waals surface area contributed by atoms with Crippen LogP contribution in [0.1, 0.15) is 5.56 Å². The van der Waals surface area contributed by atoms with E-state index in [0.717, 1.165) is 5.56 Å². The van der Waals surface area contributed by atoms with Gasteiger partial charge < -0.3 is 0 Å². The molecule has 1 aromatic heterocycles. The summed E-state index contributed by atoms with van der Waals surface area (Å²) in [6.45, 7) is 1.80. The third-order valence-corrected chi connectivity index (χ3v) is 2.79. The quantitative estimate of drug-likeness (QED) is 0.750. The lowest BCUT2D eigenvalue weighted by molar-refractivity contribution is 0.611. The summed E-state index contributed by atoms with van der Waals surface area (Å²) in [7, 11) is 0. The number of nitrogens with zero attached hydrogens (tertiary/aromatic N) is 2. The monoisotopic (exact) mass is 244 g/mol. The van der Waals surface area contributed by atoms with Gasteiger partial charge in [0.25, 0.3) is 0 Å². The summed E-state index contributed by atoms with van der Waals surface area (Å²) in [5, 5.41) is 4.41. The van der Waals surface area contributed by atoms with Gasteiger partial charge in [-0.05, 0) is 19.1 Å². The Balaban J connectivity index is 2.64. The van der Waals surface area contributed by atoms with Gasteiger partial charge in [0.05, 0.1) is 11.2 Å². The molecule has 2 rings (SSSR count). The van der Waals surface area contributed by atoms with E-state index in [9.17, 15) is 4.39 Å². The summed E-state index contributed by atoms with van der Waals surface area (Å²) in [6.07, 6.45) is 1.57. The fourth-order valence-electron chi connectivity index (χ4n) is 1.24. The van der Waals surface area contributed by atoms with Crippen molar-refractivity contribution in [3.05, 3.63) is 46.0 Å². The van der Waals surface area contributed by atoms with Crippen LogP contribution in [0.15, 0.2) is 24.4 Å². The van der Waals surface area contributed by atoms with Gasteiger partial charge in [-0.1, -0.05) is 29.3 Å². The van der Waals surface area contributed by atoms with Gasteiger partial charge in [0.15, 0.2) is 5.82 Å². The van der Waals surface area contributed by atoms with E-state index in [4.69, 9.17) is 23.2 Å². The van der Waals surface area contributed by atoms with Crippen molar-refractivity contribution in [1.29, 1.82) is 0 Å². The Morgan fingerprint density at radius 1 is 1.33 bits per heavy atom. The van der Waals surface area contributed by atoms with Crippen LogP contribution in [0.4, 0.5) is 4.39 Å². The molecule has 0 atom stereocenters. The maximum Gasteiger partial charge on any atom is 0.167 e. The zero-order chi connectivity index (χ0) is 11.0. The second-order valence-electron chi connectivity index (χ2n) is 3.10. The van der Waals surface area contributed by atoms with Crippen LogP contribution in [0.25, 0.3) is 5.69 Å². The zero-order valence-corrected chi connectivity index (χ0v) is 9.35. The van der Waals surface area contributed by atoms with Crippen LogP contribution < -0.4 is 0 Å². The highest BCUT2D eigenvalue weighted by Crippen LogP contribution is 2.25. The fourth-order valence-corrected chi connectivity index (χ4v) is 1.59. The third kappa shape index (κ3) is 1.73. The normalized spacial score (nSPS) is 10.7. The average molecular weight is 245 g/mol. The van der Waals surface area contributed by atoms with Gasteiger partial charge in [0.1, 0.15) is 10.8 Å². The molecule has 0 N–H and O–H groups in total. The summed E-state index contributed by atoms with van der Waals surface area (Å²) in [6, 6.07) is 4.69. The van der Waals surface area contributed by atoms with Crippen molar-refractivity contribution in [3.63, 3.8) is 0 Å². The highest BCUT2D eigenvalue weighted by atomic mass is 35.5. The molecule has 78 valence electrons. The van der Waals surface area contributed by atoms with Gasteiger partial charge in [-0.25, -0.2) is 9.07 Å². The molecule has 0 aliphatic heterocycles. The predicted octanol–water partition coefficient (Wildman–Crippen LogP) is 3.63. The molecule has 0 bridgehead atoms. The number of aryl methyl sites for hydroxylation is 1. The van der Waals surface area contributed by atoms with E-state index in [2.05, 4.69) is 5.10 Å². The van der Waals surface area contributed by atoms with E-state index in [1.54, 1.807) is 25.3 Å². The molecule has 2 aromatic rings. The first kappa shape index (κ1) is 10.5. The van der Waals surface area contributed by atoms with Gasteiger partial charge in [-0.3, -0.25) is 0 Å². The van der Waals surface area contributed by atoms with E-state index in [0.29, 0.717) is 5.15 Å². The van der Waals surface area contributed by atoms with Crippen molar-refractivity contribution in [3.8, 4) is 5.69 Å². The second kappa shape index (κ2) is 3.83. The average Bonchev–Trinajstić information content (AvgIpc) is 2.53. The lowest BCUT2D eigenvalue weighted by atomic mass is 10.3. The van der Waals surface area contributed by atoms with Gasteiger partial charge >= 0.3 is 0 Å². The van der Waals surface area contributed by atoms with Gasteiger partial charge in [0.2, 0.25) is 0 Å². The molecule has 0 unspecified atom stereocenters. The molecule has 5 heteroatoms. The lowest BCUT2D eigenvalue weighted by Gasteiger charge is -2.05. The van der Waals surface area contributed by atoms with Crippen LogP contribution in [0.2, 0.25) is 10.2 Å². The summed E-state index contributed by atoms with van der Waals surface area (Å²) in [5.41, 5.74) is 1.04. The minimum Gasteiger partial charge on any atom is -0.219 e. The molecule has 2 nitrogen and oxygen atoms in total. The summed E-state index contributed by atoms with van der Waals surface area (Å²) in [5.74, 6) is -0.524. The standard InChI is InChI=1S/C10H7Cl2FN2/c1-6-5-14-15(10(6)12)8-4-2-3-7(11)9(8)13/h2-5H,1H3. The summed E-state index contributed by atoms with van der Waals surface area (Å²) in [4.78, 5) is 0. The first-order valence-corrected chi connectivity index (χ1v) is 5.01. The van der Waals surface area contributed by atoms with Crippen molar-refractivity contribution in [2.45, 2.75) is 6.92 Å². The Kier molecular flexibility index (Phi) is 2.67. The maximum atomic E-state index is 13.6. The SMILES string of the molecule is Cc1cnn(-c2cccc(Cl)c2F)c1Cl. The molecule has 0 spiro atoms. The van der Waals surface area contributed by atoms with Gasteiger partial charge in [0, 0.05) is 5.56 Å². The highest BCUT2D eigenvalue weighted by molar-refractivity contribution is 6.31. The molecule has 0 aliphatic rings. The minimum atomic E-state index is -0.524. The fraction of sp³-hybridized carbons (Fsp3) is 0.100. The molecule has 0 saturated carbocycles. The number of halogens is 3. The molecule has 0 amide bonds. The van der Waals surface area contributed by atoms with Crippen molar-refractivity contribution in [1.82, 2.24) is 9.78 Å². The molecule has 1 heterocycles. The van der Waals surface area contributed by atoms with Gasteiger partial charge in [-0.2, -0.15) is 5.10 Å². The number of rotatable bonds is 1. The van der Waals surface area contributed by atoms with Crippen molar-refractivity contribution < 1.29 is 4.39 Å². The van der Waals surface area contributed by atoms with Crippen molar-refractivity contribution >= 4 is 23.2 Å². The number of aromatic nitrogens is 2. The van der Waals surface area contributed by atoms with Crippen LogP contribution >= 0.6 is 23.2 Å². The Labute approximate surface area is 96.2 Å². The number of hydrogen-bond acceptors (Lipinski definition) is 1. The van der Waals surface area contributed by atoms with E-state index in [-0.39, 0.29) is 10.7 Å². The minimum absolute atomic E-state index is 0.0525. The van der Waals surface area contributed by atoms with E-state index < -0.39 is 5.82 Å². The topological polar surface area (TPSA) is 17.8 Å². The summed E-state index contributed by atoms with van der Waals surface area (Å²) < 4.78 is 14.9. The molecule has 15 heavy (non-hydrogen) atoms. The largest absolute Gasteiger partial charge is 0.219 e. The first-order valence-electron chi connectivity index (χ1n) is 4.26. The van der Waals surface area contributed by atoms with Crippen LogP contribution in [0.3, 0.4) is 0 Å². The smallest absolute Gasteiger partial charge is 0.167 e. The van der Waals surface area contributed by atoms with E-state index in [1.165, 1.54) is 10.7 Å². The van der Waals surface area contributed by atoms with Crippen LogP contribution in [0.5, 0.6) is 0 Å². The third-order valence-electron chi connectivity index (χ3n) is 2.04. The Bertz CT molecular complexity index is 508. The molecule has 0 radical (unpaired) electrons. The Morgan fingerprint density at radius 2 is 2.07 bits per heavy atom. The van der Waals surface area contributed by atoms with Gasteiger partial charge in [-0.15, -0.1) is 0 Å². The first-order chi connectivity index (χ1) is 7.11. The molecular formula is C10H7Cl2FN2. The molecular weight excluding hydrogens is 238 g/mol. The van der Waals surface area contributed by atoms with Crippen LogP contribution in [-0.2, 0) is 0 Å². The predicted molar refractivity (Wildman–Crippen MR) is 58.3 cm³/mol. The second-order valence-corrected chi connectivity index (χ2v) is 3.87. The molecule has 0 saturated heterocycles. The molecule has 0 fully saturated rings. The highest BCUT2D eigenvalue weighted by Gasteiger charge is 2.12. The number of benzene rings is 1. The summed E-state index contributed by atoms with van der Waals surface area (Å²) >= 11 is 11.6. The van der Waals surface area contributed by atoms with E-state index >= 15 is 0 Å². The van der Waals surface area contributed by atoms with Crippen LogP contribution in [0, 0.1) is 12.7 Å². The molecule has 0 aliphatic carbocycles. The maximum absolute atomic E-state index is 13.6. The van der Waals surface area contributed by atoms with Crippen LogP contribution in [-0.4, -0.2) is 9.78 Å². The van der Waals surface area contributed by atoms with Crippen molar-refractivity contribution in [2.24, 2.45) is 0 Å².